The van der Waals surface area contributed by atoms with Crippen LogP contribution in [0.2, 0.25) is 0 Å². The van der Waals surface area contributed by atoms with Crippen LogP contribution in [-0.2, 0) is 9.47 Å². The summed E-state index contributed by atoms with van der Waals surface area (Å²) in [5.41, 5.74) is 0.449. The molecule has 0 aromatic carbocycles. The van der Waals surface area contributed by atoms with Crippen molar-refractivity contribution in [1.29, 1.82) is 0 Å². The monoisotopic (exact) mass is 229 g/mol. The first-order chi connectivity index (χ1) is 7.67. The summed E-state index contributed by atoms with van der Waals surface area (Å²) in [5.74, 6) is 0. The van der Waals surface area contributed by atoms with Gasteiger partial charge in [0.1, 0.15) is 0 Å². The number of hydrogen-bond donors (Lipinski definition) is 1. The van der Waals surface area contributed by atoms with Crippen molar-refractivity contribution in [2.45, 2.75) is 45.6 Å². The molecular weight excluding hydrogens is 202 g/mol. The number of nitrogens with one attached hydrogen (secondary N) is 1. The first-order valence-electron chi connectivity index (χ1n) is 6.47. The minimum atomic E-state index is 0.449. The van der Waals surface area contributed by atoms with Crippen molar-refractivity contribution in [2.75, 3.05) is 33.5 Å². The van der Waals surface area contributed by atoms with Crippen LogP contribution in [0.15, 0.2) is 0 Å². The second-order valence-corrected chi connectivity index (χ2v) is 5.35. The van der Waals surface area contributed by atoms with E-state index in [1.807, 2.05) is 0 Å². The van der Waals surface area contributed by atoms with Gasteiger partial charge in [0, 0.05) is 19.7 Å². The van der Waals surface area contributed by atoms with Crippen molar-refractivity contribution in [2.24, 2.45) is 5.41 Å². The van der Waals surface area contributed by atoms with E-state index in [1.54, 1.807) is 7.11 Å². The van der Waals surface area contributed by atoms with Gasteiger partial charge in [-0.2, -0.15) is 0 Å². The Hall–Kier alpha value is -0.120. The molecule has 0 aromatic heterocycles. The van der Waals surface area contributed by atoms with E-state index in [-0.39, 0.29) is 0 Å². The highest BCUT2D eigenvalue weighted by molar-refractivity contribution is 4.87. The summed E-state index contributed by atoms with van der Waals surface area (Å²) in [6.45, 7) is 7.88. The van der Waals surface area contributed by atoms with Crippen LogP contribution >= 0.6 is 0 Å². The zero-order valence-corrected chi connectivity index (χ0v) is 11.1. The third-order valence-corrected chi connectivity index (χ3v) is 3.58. The molecule has 1 unspecified atom stereocenters. The Labute approximate surface area is 99.9 Å². The first-order valence-corrected chi connectivity index (χ1v) is 6.47. The summed E-state index contributed by atoms with van der Waals surface area (Å²) in [5, 5.41) is 3.62. The Morgan fingerprint density at radius 3 is 2.69 bits per heavy atom. The maximum Gasteiger partial charge on any atom is 0.0700 e. The van der Waals surface area contributed by atoms with Crippen LogP contribution in [0.25, 0.3) is 0 Å². The Morgan fingerprint density at radius 1 is 1.19 bits per heavy atom. The molecule has 16 heavy (non-hydrogen) atoms. The van der Waals surface area contributed by atoms with E-state index in [0.717, 1.165) is 13.2 Å². The van der Waals surface area contributed by atoms with Gasteiger partial charge in [-0.1, -0.05) is 26.7 Å². The molecule has 0 amide bonds. The van der Waals surface area contributed by atoms with Gasteiger partial charge < -0.3 is 14.8 Å². The van der Waals surface area contributed by atoms with Gasteiger partial charge in [0.25, 0.3) is 0 Å². The quantitative estimate of drug-likeness (QED) is 0.679. The highest BCUT2D eigenvalue weighted by Crippen LogP contribution is 2.35. The Bertz CT molecular complexity index is 183. The van der Waals surface area contributed by atoms with E-state index in [9.17, 15) is 0 Å². The molecule has 0 aromatic rings. The van der Waals surface area contributed by atoms with Crippen molar-refractivity contribution in [1.82, 2.24) is 5.32 Å². The maximum atomic E-state index is 5.45. The van der Waals surface area contributed by atoms with Crippen LogP contribution in [0.4, 0.5) is 0 Å². The summed E-state index contributed by atoms with van der Waals surface area (Å²) in [6.07, 6.45) is 5.40. The van der Waals surface area contributed by atoms with E-state index in [2.05, 4.69) is 19.2 Å². The van der Waals surface area contributed by atoms with E-state index in [1.165, 1.54) is 25.7 Å². The predicted octanol–water partition coefficient (Wildman–Crippen LogP) is 2.21. The van der Waals surface area contributed by atoms with E-state index in [0.29, 0.717) is 24.7 Å². The van der Waals surface area contributed by atoms with Crippen LogP contribution in [0.1, 0.15) is 39.5 Å². The number of rotatable bonds is 7. The average Bonchev–Trinajstić information content (AvgIpc) is 2.25. The average molecular weight is 229 g/mol. The van der Waals surface area contributed by atoms with E-state index >= 15 is 0 Å². The van der Waals surface area contributed by atoms with Gasteiger partial charge in [-0.05, 0) is 18.3 Å². The summed E-state index contributed by atoms with van der Waals surface area (Å²) < 4.78 is 10.4. The molecule has 96 valence electrons. The lowest BCUT2D eigenvalue weighted by Gasteiger charge is -2.39. The number of ether oxygens (including phenoxy) is 2. The molecular formula is C13H27NO2. The zero-order chi connectivity index (χ0) is 11.9. The predicted molar refractivity (Wildman–Crippen MR) is 66.7 cm³/mol. The van der Waals surface area contributed by atoms with Crippen molar-refractivity contribution in [3.05, 3.63) is 0 Å². The molecule has 1 rings (SSSR count). The fourth-order valence-electron chi connectivity index (χ4n) is 2.42. The van der Waals surface area contributed by atoms with Crippen LogP contribution in [0, 0.1) is 5.41 Å². The normalized spacial score (nSPS) is 24.6. The molecule has 0 spiro atoms. The molecule has 0 radical (unpaired) electrons. The van der Waals surface area contributed by atoms with Gasteiger partial charge in [0.2, 0.25) is 0 Å². The van der Waals surface area contributed by atoms with Gasteiger partial charge >= 0.3 is 0 Å². The fraction of sp³-hybridized carbons (Fsp3) is 1.00. The van der Waals surface area contributed by atoms with Gasteiger partial charge in [0.05, 0.1) is 19.8 Å². The molecule has 1 fully saturated rings. The lowest BCUT2D eigenvalue weighted by molar-refractivity contribution is 0.0665. The smallest absolute Gasteiger partial charge is 0.0700 e. The maximum absolute atomic E-state index is 5.45. The third kappa shape index (κ3) is 4.81. The minimum Gasteiger partial charge on any atom is -0.382 e. The lowest BCUT2D eigenvalue weighted by Crippen LogP contribution is -2.45. The highest BCUT2D eigenvalue weighted by Gasteiger charge is 2.31. The Balaban J connectivity index is 2.07. The summed E-state index contributed by atoms with van der Waals surface area (Å²) >= 11 is 0. The lowest BCUT2D eigenvalue weighted by atomic mass is 9.73. The standard InChI is InChI=1S/C13H27NO2/c1-13(2)7-5-4-6-12(13)14-8-9-16-11-10-15-3/h12,14H,4-11H2,1-3H3. The topological polar surface area (TPSA) is 30.5 Å². The molecule has 1 atom stereocenters. The zero-order valence-electron chi connectivity index (χ0n) is 11.1. The van der Waals surface area contributed by atoms with Crippen molar-refractivity contribution in [3.8, 4) is 0 Å². The van der Waals surface area contributed by atoms with Crippen LogP contribution in [0.5, 0.6) is 0 Å². The van der Waals surface area contributed by atoms with Crippen molar-refractivity contribution < 1.29 is 9.47 Å². The fourth-order valence-corrected chi connectivity index (χ4v) is 2.42. The van der Waals surface area contributed by atoms with Crippen LogP contribution in [0.3, 0.4) is 0 Å². The molecule has 1 aliphatic carbocycles. The molecule has 3 nitrogen and oxygen atoms in total. The summed E-state index contributed by atoms with van der Waals surface area (Å²) in [4.78, 5) is 0. The molecule has 3 heteroatoms. The Kier molecular flexibility index (Phi) is 6.32. The highest BCUT2D eigenvalue weighted by atomic mass is 16.5. The number of methoxy groups -OCH3 is 1. The molecule has 1 N–H and O–H groups in total. The second kappa shape index (κ2) is 7.25. The van der Waals surface area contributed by atoms with Gasteiger partial charge in [0.15, 0.2) is 0 Å². The Morgan fingerprint density at radius 2 is 2.00 bits per heavy atom. The molecule has 1 saturated carbocycles. The molecule has 0 bridgehead atoms. The minimum absolute atomic E-state index is 0.449. The molecule has 0 saturated heterocycles. The molecule has 0 heterocycles. The first kappa shape index (κ1) is 13.9. The van der Waals surface area contributed by atoms with E-state index < -0.39 is 0 Å². The third-order valence-electron chi connectivity index (χ3n) is 3.58. The van der Waals surface area contributed by atoms with Crippen LogP contribution < -0.4 is 5.32 Å². The molecule has 0 aliphatic heterocycles. The van der Waals surface area contributed by atoms with Crippen molar-refractivity contribution in [3.63, 3.8) is 0 Å². The van der Waals surface area contributed by atoms with Gasteiger partial charge in [-0.25, -0.2) is 0 Å². The van der Waals surface area contributed by atoms with Crippen molar-refractivity contribution >= 4 is 0 Å². The van der Waals surface area contributed by atoms with Crippen LogP contribution in [-0.4, -0.2) is 39.5 Å². The number of hydrogen-bond acceptors (Lipinski definition) is 3. The largest absolute Gasteiger partial charge is 0.382 e. The summed E-state index contributed by atoms with van der Waals surface area (Å²) in [7, 11) is 1.70. The summed E-state index contributed by atoms with van der Waals surface area (Å²) in [6, 6.07) is 0.660. The second-order valence-electron chi connectivity index (χ2n) is 5.35. The SMILES string of the molecule is COCCOCCNC1CCCCC1(C)C. The van der Waals surface area contributed by atoms with E-state index in [4.69, 9.17) is 9.47 Å². The van der Waals surface area contributed by atoms with Gasteiger partial charge in [-0.3, -0.25) is 0 Å². The molecule has 1 aliphatic rings. The van der Waals surface area contributed by atoms with Gasteiger partial charge in [-0.15, -0.1) is 0 Å².